The average molecular weight is 708 g/mol. The van der Waals surface area contributed by atoms with E-state index in [1.165, 1.54) is 60.9 Å². The molecule has 0 N–H and O–H groups in total. The van der Waals surface area contributed by atoms with E-state index in [9.17, 15) is 0 Å². The van der Waals surface area contributed by atoms with E-state index < -0.39 is 0 Å². The quantitative estimate of drug-likeness (QED) is 0.173. The molecule has 0 fully saturated rings. The van der Waals surface area contributed by atoms with Gasteiger partial charge in [0.25, 0.3) is 0 Å². The third-order valence-corrected chi connectivity index (χ3v) is 11.7. The van der Waals surface area contributed by atoms with Gasteiger partial charge < -0.3 is 0 Å². The van der Waals surface area contributed by atoms with Gasteiger partial charge in [0.05, 0.1) is 0 Å². The highest BCUT2D eigenvalue weighted by atomic mass is 15.0. The molecule has 7 aromatic rings. The first-order valence-electron chi connectivity index (χ1n) is 19.5. The summed E-state index contributed by atoms with van der Waals surface area (Å²) in [5.41, 5.74) is 16.3. The molecule has 1 aromatic heterocycles. The van der Waals surface area contributed by atoms with Crippen LogP contribution in [0.15, 0.2) is 169 Å². The van der Waals surface area contributed by atoms with E-state index in [1.807, 2.05) is 18.2 Å². The molecule has 55 heavy (non-hydrogen) atoms. The van der Waals surface area contributed by atoms with Gasteiger partial charge in [-0.3, -0.25) is 0 Å². The van der Waals surface area contributed by atoms with Crippen molar-refractivity contribution in [1.29, 1.82) is 0 Å². The maximum atomic E-state index is 4.95. The Hall–Kier alpha value is -6.45. The molecular formula is C52H41N3. The van der Waals surface area contributed by atoms with Crippen molar-refractivity contribution in [3.63, 3.8) is 0 Å². The van der Waals surface area contributed by atoms with Crippen molar-refractivity contribution < 1.29 is 0 Å². The lowest BCUT2D eigenvalue weighted by atomic mass is 9.79. The van der Waals surface area contributed by atoms with Crippen LogP contribution in [-0.4, -0.2) is 15.0 Å². The number of benzene rings is 6. The number of aromatic nitrogens is 3. The van der Waals surface area contributed by atoms with Gasteiger partial charge in [-0.2, -0.15) is 0 Å². The van der Waals surface area contributed by atoms with Gasteiger partial charge in [0.1, 0.15) is 0 Å². The molecule has 0 saturated carbocycles. The zero-order valence-corrected chi connectivity index (χ0v) is 31.3. The lowest BCUT2D eigenvalue weighted by Gasteiger charge is -2.24. The first-order valence-corrected chi connectivity index (χ1v) is 19.5. The van der Waals surface area contributed by atoms with E-state index in [2.05, 4.69) is 159 Å². The second-order valence-corrected chi connectivity index (χ2v) is 15.4. The van der Waals surface area contributed by atoms with Crippen LogP contribution in [0.4, 0.5) is 0 Å². The molecule has 0 atom stereocenters. The van der Waals surface area contributed by atoms with Gasteiger partial charge in [-0.15, -0.1) is 0 Å². The summed E-state index contributed by atoms with van der Waals surface area (Å²) in [6.07, 6.45) is 15.5. The van der Waals surface area contributed by atoms with Crippen LogP contribution >= 0.6 is 0 Å². The van der Waals surface area contributed by atoms with Crippen molar-refractivity contribution in [1.82, 2.24) is 15.0 Å². The van der Waals surface area contributed by atoms with Crippen molar-refractivity contribution in [2.75, 3.05) is 0 Å². The Morgan fingerprint density at radius 2 is 1.11 bits per heavy atom. The summed E-state index contributed by atoms with van der Waals surface area (Å²) in [6, 6.07) is 48.4. The SMILES string of the molecule is CC1(C)C2=C(CCC=C2)c2ccc(-c3ccc(-c4ccc5c(-c6ccc(-c7nc(C8=CCCC=C8)nc(-c8ccccc8)n7)cc6)cccc5c4)cc3)cc21. The minimum Gasteiger partial charge on any atom is -0.208 e. The fourth-order valence-corrected chi connectivity index (χ4v) is 8.68. The number of hydrogen-bond acceptors (Lipinski definition) is 3. The molecule has 10 rings (SSSR count). The van der Waals surface area contributed by atoms with Crippen molar-refractivity contribution >= 4 is 21.9 Å². The van der Waals surface area contributed by atoms with Gasteiger partial charge in [-0.25, -0.2) is 15.0 Å². The predicted octanol–water partition coefficient (Wildman–Crippen LogP) is 13.5. The lowest BCUT2D eigenvalue weighted by Crippen LogP contribution is -2.16. The van der Waals surface area contributed by atoms with Gasteiger partial charge >= 0.3 is 0 Å². The van der Waals surface area contributed by atoms with Crippen LogP contribution in [0.25, 0.3) is 78.1 Å². The predicted molar refractivity (Wildman–Crippen MR) is 229 cm³/mol. The summed E-state index contributed by atoms with van der Waals surface area (Å²) in [6.45, 7) is 4.75. The summed E-state index contributed by atoms with van der Waals surface area (Å²) in [5.74, 6) is 2.07. The van der Waals surface area contributed by atoms with E-state index in [-0.39, 0.29) is 5.41 Å². The molecule has 0 saturated heterocycles. The number of nitrogens with zero attached hydrogens (tertiary/aromatic N) is 3. The third kappa shape index (κ3) is 5.97. The lowest BCUT2D eigenvalue weighted by molar-refractivity contribution is 0.651. The molecule has 264 valence electrons. The van der Waals surface area contributed by atoms with E-state index in [4.69, 9.17) is 15.0 Å². The van der Waals surface area contributed by atoms with E-state index in [1.54, 1.807) is 0 Å². The van der Waals surface area contributed by atoms with Gasteiger partial charge in [0.2, 0.25) is 0 Å². The van der Waals surface area contributed by atoms with Crippen LogP contribution < -0.4 is 0 Å². The number of rotatable bonds is 6. The van der Waals surface area contributed by atoms with Crippen LogP contribution in [-0.2, 0) is 5.41 Å². The van der Waals surface area contributed by atoms with Gasteiger partial charge in [0.15, 0.2) is 17.5 Å². The fourth-order valence-electron chi connectivity index (χ4n) is 8.68. The first kappa shape index (κ1) is 33.1. The molecular weight excluding hydrogens is 667 g/mol. The highest BCUT2D eigenvalue weighted by Gasteiger charge is 2.37. The van der Waals surface area contributed by atoms with Gasteiger partial charge in [0, 0.05) is 22.1 Å². The summed E-state index contributed by atoms with van der Waals surface area (Å²) in [4.78, 5) is 14.8. The largest absolute Gasteiger partial charge is 0.208 e. The third-order valence-electron chi connectivity index (χ3n) is 11.7. The minimum atomic E-state index is 0.0402. The van der Waals surface area contributed by atoms with Crippen LogP contribution in [0, 0.1) is 0 Å². The minimum absolute atomic E-state index is 0.0402. The summed E-state index contributed by atoms with van der Waals surface area (Å²) in [7, 11) is 0. The van der Waals surface area contributed by atoms with Crippen LogP contribution in [0.5, 0.6) is 0 Å². The standard InChI is InChI=1S/C52H41N3/c1-52(2)47-19-10-9-17-45(47)46-31-29-41(33-48(46)52)35-22-20-34(21-23-35)40-28-30-44-42(32-40)16-11-18-43(44)36-24-26-39(27-25-36)51-54-49(37-12-5-3-6-13-37)53-50(55-51)38-14-7-4-8-15-38/h3,5-7,10-16,18-33H,4,8-9,17H2,1-2H3. The second-order valence-electron chi connectivity index (χ2n) is 15.4. The van der Waals surface area contributed by atoms with Gasteiger partial charge in [-0.1, -0.05) is 166 Å². The number of fused-ring (bicyclic) bond motifs is 3. The molecule has 0 spiro atoms. The zero-order valence-electron chi connectivity index (χ0n) is 31.3. The van der Waals surface area contributed by atoms with Crippen LogP contribution in [0.1, 0.15) is 56.5 Å². The van der Waals surface area contributed by atoms with E-state index >= 15 is 0 Å². The molecule has 3 aliphatic rings. The van der Waals surface area contributed by atoms with Crippen molar-refractivity contribution in [3.8, 4) is 56.2 Å². The number of allylic oxidation sites excluding steroid dienone is 8. The Labute approximate surface area is 323 Å². The van der Waals surface area contributed by atoms with Crippen molar-refractivity contribution in [3.05, 3.63) is 186 Å². The maximum absolute atomic E-state index is 4.95. The molecule has 1 heterocycles. The Bertz CT molecular complexity index is 2740. The van der Waals surface area contributed by atoms with Crippen molar-refractivity contribution in [2.45, 2.75) is 44.9 Å². The molecule has 3 aliphatic carbocycles. The highest BCUT2D eigenvalue weighted by molar-refractivity contribution is 5.99. The molecule has 6 aromatic carbocycles. The monoisotopic (exact) mass is 707 g/mol. The fraction of sp³-hybridized carbons (Fsp3) is 0.135. The molecule has 0 amide bonds. The van der Waals surface area contributed by atoms with Crippen LogP contribution in [0.2, 0.25) is 0 Å². The van der Waals surface area contributed by atoms with E-state index in [0.29, 0.717) is 17.5 Å². The highest BCUT2D eigenvalue weighted by Crippen LogP contribution is 2.50. The molecule has 0 aliphatic heterocycles. The first-order chi connectivity index (χ1) is 27.0. The van der Waals surface area contributed by atoms with E-state index in [0.717, 1.165) is 47.9 Å². The zero-order chi connectivity index (χ0) is 36.9. The Kier molecular flexibility index (Phi) is 8.10. The summed E-state index contributed by atoms with van der Waals surface area (Å²) >= 11 is 0. The maximum Gasteiger partial charge on any atom is 0.164 e. The smallest absolute Gasteiger partial charge is 0.164 e. The average Bonchev–Trinajstić information content (AvgIpc) is 3.49. The molecule has 3 nitrogen and oxygen atoms in total. The van der Waals surface area contributed by atoms with Crippen molar-refractivity contribution in [2.24, 2.45) is 0 Å². The molecule has 0 bridgehead atoms. The molecule has 0 radical (unpaired) electrons. The Morgan fingerprint density at radius 1 is 0.473 bits per heavy atom. The number of hydrogen-bond donors (Lipinski definition) is 0. The summed E-state index contributed by atoms with van der Waals surface area (Å²) < 4.78 is 0. The molecule has 3 heteroatoms. The second kappa shape index (κ2) is 13.4. The van der Waals surface area contributed by atoms with Crippen LogP contribution in [0.3, 0.4) is 0 Å². The Balaban J connectivity index is 0.926. The topological polar surface area (TPSA) is 38.7 Å². The van der Waals surface area contributed by atoms with Gasteiger partial charge in [-0.05, 0) is 104 Å². The molecule has 0 unspecified atom stereocenters. The Morgan fingerprint density at radius 3 is 1.85 bits per heavy atom. The summed E-state index contributed by atoms with van der Waals surface area (Å²) in [5, 5.41) is 2.45. The normalized spacial score (nSPS) is 15.6.